The second-order valence-electron chi connectivity index (χ2n) is 4.56. The van der Waals surface area contributed by atoms with Crippen LogP contribution in [0.1, 0.15) is 10.4 Å². The second kappa shape index (κ2) is 5.20. The molecule has 21 heavy (non-hydrogen) atoms. The monoisotopic (exact) mass is 281 g/mol. The minimum absolute atomic E-state index is 0.251. The van der Waals surface area contributed by atoms with Gasteiger partial charge >= 0.3 is 0 Å². The quantitative estimate of drug-likeness (QED) is 0.709. The molecule has 0 aliphatic heterocycles. The predicted molar refractivity (Wildman–Crippen MR) is 80.5 cm³/mol. The SMILES string of the molecule is Nc1ccc(F)cc1NC(=O)c1cccc2ncccc12. The van der Waals surface area contributed by atoms with Crippen LogP contribution >= 0.6 is 0 Å². The molecule has 2 aromatic carbocycles. The fourth-order valence-corrected chi connectivity index (χ4v) is 2.13. The lowest BCUT2D eigenvalue weighted by Crippen LogP contribution is -2.14. The van der Waals surface area contributed by atoms with Gasteiger partial charge in [-0.3, -0.25) is 9.78 Å². The molecule has 1 aromatic heterocycles. The molecule has 0 bridgehead atoms. The Bertz CT molecular complexity index is 827. The molecular formula is C16H12FN3O. The van der Waals surface area contributed by atoms with Gasteiger partial charge in [0.15, 0.2) is 0 Å². The van der Waals surface area contributed by atoms with Crippen molar-refractivity contribution >= 4 is 28.2 Å². The van der Waals surface area contributed by atoms with Gasteiger partial charge in [-0.15, -0.1) is 0 Å². The minimum Gasteiger partial charge on any atom is -0.397 e. The van der Waals surface area contributed by atoms with Crippen molar-refractivity contribution in [1.82, 2.24) is 4.98 Å². The largest absolute Gasteiger partial charge is 0.397 e. The fourth-order valence-electron chi connectivity index (χ4n) is 2.13. The Hall–Kier alpha value is -2.95. The van der Waals surface area contributed by atoms with Crippen molar-refractivity contribution in [2.45, 2.75) is 0 Å². The zero-order valence-corrected chi connectivity index (χ0v) is 11.0. The van der Waals surface area contributed by atoms with E-state index in [1.807, 2.05) is 12.1 Å². The number of nitrogens with zero attached hydrogens (tertiary/aromatic N) is 1. The smallest absolute Gasteiger partial charge is 0.256 e. The van der Waals surface area contributed by atoms with Crippen molar-refractivity contribution < 1.29 is 9.18 Å². The van der Waals surface area contributed by atoms with Crippen LogP contribution < -0.4 is 11.1 Å². The molecule has 3 aromatic rings. The normalized spacial score (nSPS) is 10.5. The number of amides is 1. The highest BCUT2D eigenvalue weighted by molar-refractivity contribution is 6.13. The van der Waals surface area contributed by atoms with Crippen LogP contribution in [0.3, 0.4) is 0 Å². The van der Waals surface area contributed by atoms with Crippen LogP contribution in [0.25, 0.3) is 10.9 Å². The number of halogens is 1. The van der Waals surface area contributed by atoms with Gasteiger partial charge in [-0.05, 0) is 36.4 Å². The third-order valence-electron chi connectivity index (χ3n) is 3.15. The molecule has 4 nitrogen and oxygen atoms in total. The van der Waals surface area contributed by atoms with Crippen molar-refractivity contribution in [3.8, 4) is 0 Å². The molecule has 0 aliphatic rings. The highest BCUT2D eigenvalue weighted by Gasteiger charge is 2.12. The molecule has 0 radical (unpaired) electrons. The van der Waals surface area contributed by atoms with Crippen LogP contribution in [-0.2, 0) is 0 Å². The lowest BCUT2D eigenvalue weighted by molar-refractivity contribution is 0.102. The number of pyridine rings is 1. The molecule has 0 fully saturated rings. The Kier molecular flexibility index (Phi) is 3.23. The summed E-state index contributed by atoms with van der Waals surface area (Å²) in [5, 5.41) is 3.36. The van der Waals surface area contributed by atoms with Gasteiger partial charge in [0, 0.05) is 17.1 Å². The molecule has 0 saturated carbocycles. The molecule has 3 N–H and O–H groups in total. The van der Waals surface area contributed by atoms with Gasteiger partial charge in [0.25, 0.3) is 5.91 Å². The number of nitrogens with two attached hydrogens (primary N) is 1. The summed E-state index contributed by atoms with van der Waals surface area (Å²) in [5.41, 5.74) is 7.48. The first-order chi connectivity index (χ1) is 10.1. The summed E-state index contributed by atoms with van der Waals surface area (Å²) >= 11 is 0. The number of hydrogen-bond donors (Lipinski definition) is 2. The highest BCUT2D eigenvalue weighted by Crippen LogP contribution is 2.22. The Morgan fingerprint density at radius 3 is 2.86 bits per heavy atom. The number of rotatable bonds is 2. The molecule has 0 unspecified atom stereocenters. The molecule has 5 heteroatoms. The number of carbonyl (C=O) groups is 1. The van der Waals surface area contributed by atoms with Crippen molar-refractivity contribution in [1.29, 1.82) is 0 Å². The van der Waals surface area contributed by atoms with Crippen LogP contribution in [0.5, 0.6) is 0 Å². The van der Waals surface area contributed by atoms with Crippen molar-refractivity contribution in [2.24, 2.45) is 0 Å². The van der Waals surface area contributed by atoms with Gasteiger partial charge in [-0.25, -0.2) is 4.39 Å². The Morgan fingerprint density at radius 1 is 1.14 bits per heavy atom. The van der Waals surface area contributed by atoms with Gasteiger partial charge in [0.05, 0.1) is 16.9 Å². The molecule has 0 aliphatic carbocycles. The van der Waals surface area contributed by atoms with Gasteiger partial charge in [-0.1, -0.05) is 12.1 Å². The van der Waals surface area contributed by atoms with Crippen LogP contribution in [0.15, 0.2) is 54.7 Å². The van der Waals surface area contributed by atoms with Gasteiger partial charge in [0.2, 0.25) is 0 Å². The van der Waals surface area contributed by atoms with Gasteiger partial charge < -0.3 is 11.1 Å². The molecular weight excluding hydrogens is 269 g/mol. The van der Waals surface area contributed by atoms with E-state index in [1.54, 1.807) is 24.4 Å². The van der Waals surface area contributed by atoms with E-state index in [2.05, 4.69) is 10.3 Å². The lowest BCUT2D eigenvalue weighted by Gasteiger charge is -2.10. The zero-order valence-electron chi connectivity index (χ0n) is 11.0. The van der Waals surface area contributed by atoms with Crippen molar-refractivity contribution in [2.75, 3.05) is 11.1 Å². The Morgan fingerprint density at radius 2 is 2.00 bits per heavy atom. The number of carbonyl (C=O) groups excluding carboxylic acids is 1. The topological polar surface area (TPSA) is 68.0 Å². The van der Waals surface area contributed by atoms with Crippen molar-refractivity contribution in [3.63, 3.8) is 0 Å². The standard InChI is InChI=1S/C16H12FN3O/c17-10-6-7-13(18)15(9-10)20-16(21)12-3-1-5-14-11(12)4-2-8-19-14/h1-9H,18H2,(H,20,21). The molecule has 0 saturated heterocycles. The molecule has 0 spiro atoms. The third kappa shape index (κ3) is 2.53. The van der Waals surface area contributed by atoms with Gasteiger partial charge in [-0.2, -0.15) is 0 Å². The highest BCUT2D eigenvalue weighted by atomic mass is 19.1. The van der Waals surface area contributed by atoms with E-state index in [4.69, 9.17) is 5.73 Å². The number of fused-ring (bicyclic) bond motifs is 1. The lowest BCUT2D eigenvalue weighted by atomic mass is 10.1. The van der Waals surface area contributed by atoms with E-state index in [-0.39, 0.29) is 11.6 Å². The fraction of sp³-hybridized carbons (Fsp3) is 0. The summed E-state index contributed by atoms with van der Waals surface area (Å²) in [4.78, 5) is 16.6. The van der Waals surface area contributed by atoms with Gasteiger partial charge in [0.1, 0.15) is 5.82 Å². The van der Waals surface area contributed by atoms with E-state index < -0.39 is 5.82 Å². The number of benzene rings is 2. The zero-order chi connectivity index (χ0) is 14.8. The first kappa shape index (κ1) is 13.1. The molecule has 1 heterocycles. The number of hydrogen-bond acceptors (Lipinski definition) is 3. The summed E-state index contributed by atoms with van der Waals surface area (Å²) in [5.74, 6) is -0.815. The number of anilines is 2. The molecule has 104 valence electrons. The molecule has 3 rings (SSSR count). The first-order valence-corrected chi connectivity index (χ1v) is 6.35. The first-order valence-electron chi connectivity index (χ1n) is 6.35. The van der Waals surface area contributed by atoms with E-state index in [0.29, 0.717) is 11.3 Å². The number of nitrogen functional groups attached to an aromatic ring is 1. The Balaban J connectivity index is 1.99. The summed E-state index contributed by atoms with van der Waals surface area (Å²) in [6.07, 6.45) is 1.66. The van der Waals surface area contributed by atoms with Crippen LogP contribution in [0.4, 0.5) is 15.8 Å². The van der Waals surface area contributed by atoms with Crippen LogP contribution in [0, 0.1) is 5.82 Å². The van der Waals surface area contributed by atoms with E-state index >= 15 is 0 Å². The average Bonchev–Trinajstić information content (AvgIpc) is 2.50. The van der Waals surface area contributed by atoms with Crippen LogP contribution in [-0.4, -0.2) is 10.9 Å². The van der Waals surface area contributed by atoms with Crippen molar-refractivity contribution in [3.05, 3.63) is 66.1 Å². The average molecular weight is 281 g/mol. The summed E-state index contributed by atoms with van der Waals surface area (Å²) in [6.45, 7) is 0. The summed E-state index contributed by atoms with van der Waals surface area (Å²) in [6, 6.07) is 12.7. The van der Waals surface area contributed by atoms with Crippen LogP contribution in [0.2, 0.25) is 0 Å². The summed E-state index contributed by atoms with van der Waals surface area (Å²) < 4.78 is 13.2. The van der Waals surface area contributed by atoms with E-state index in [0.717, 1.165) is 10.9 Å². The molecule has 1 amide bonds. The number of nitrogens with one attached hydrogen (secondary N) is 1. The maximum absolute atomic E-state index is 13.2. The Labute approximate surface area is 120 Å². The maximum Gasteiger partial charge on any atom is 0.256 e. The second-order valence-corrected chi connectivity index (χ2v) is 4.56. The predicted octanol–water partition coefficient (Wildman–Crippen LogP) is 3.21. The summed E-state index contributed by atoms with van der Waals surface area (Å²) in [7, 11) is 0. The number of aromatic nitrogens is 1. The van der Waals surface area contributed by atoms with E-state index in [1.165, 1.54) is 18.2 Å². The minimum atomic E-state index is -0.459. The van der Waals surface area contributed by atoms with E-state index in [9.17, 15) is 9.18 Å². The maximum atomic E-state index is 13.2. The third-order valence-corrected chi connectivity index (χ3v) is 3.15. The molecule has 0 atom stereocenters.